The number of unbranched alkanes of at least 4 members (excludes halogenated alkanes) is 9. The molecular formula is C18H36O6. The molecule has 6 nitrogen and oxygen atoms in total. The van der Waals surface area contributed by atoms with E-state index in [0.29, 0.717) is 6.61 Å². The first kappa shape index (κ1) is 27.3. The van der Waals surface area contributed by atoms with E-state index >= 15 is 0 Å². The molecular weight excluding hydrogens is 312 g/mol. The fourth-order valence-electron chi connectivity index (χ4n) is 1.81. The molecule has 0 saturated heterocycles. The zero-order chi connectivity index (χ0) is 19.2. The summed E-state index contributed by atoms with van der Waals surface area (Å²) in [5.74, 6) is -1.82. The minimum Gasteiger partial charge on any atom is -0.481 e. The molecule has 0 amide bonds. The Kier molecular flexibility index (Phi) is 26.9. The highest BCUT2D eigenvalue weighted by Gasteiger charge is 1.94. The molecule has 0 aromatic carbocycles. The van der Waals surface area contributed by atoms with E-state index < -0.39 is 11.9 Å². The van der Waals surface area contributed by atoms with Crippen LogP contribution in [0, 0.1) is 0 Å². The summed E-state index contributed by atoms with van der Waals surface area (Å²) in [5, 5.41) is 14.8. The number of carbonyl (C=O) groups is 3. The van der Waals surface area contributed by atoms with Crippen LogP contribution in [0.2, 0.25) is 0 Å². The molecule has 0 aromatic heterocycles. The second-order valence-electron chi connectivity index (χ2n) is 5.56. The van der Waals surface area contributed by atoms with E-state index in [1.165, 1.54) is 64.7 Å². The Balaban J connectivity index is -0.000000457. The van der Waals surface area contributed by atoms with E-state index in [-0.39, 0.29) is 5.97 Å². The maximum atomic E-state index is 10.5. The lowest BCUT2D eigenvalue weighted by Crippen LogP contribution is -2.00. The molecule has 2 N–H and O–H groups in total. The number of carboxylic acids is 2. The van der Waals surface area contributed by atoms with Gasteiger partial charge in [0, 0.05) is 20.8 Å². The largest absolute Gasteiger partial charge is 0.481 e. The Morgan fingerprint density at radius 1 is 0.667 bits per heavy atom. The highest BCUT2D eigenvalue weighted by atomic mass is 16.5. The molecule has 0 aromatic rings. The first-order valence-electron chi connectivity index (χ1n) is 8.76. The van der Waals surface area contributed by atoms with Gasteiger partial charge in [0.05, 0.1) is 6.61 Å². The normalized spacial score (nSPS) is 9.00. The van der Waals surface area contributed by atoms with E-state index in [2.05, 4.69) is 6.92 Å². The number of carboxylic acid groups (broad SMARTS) is 2. The van der Waals surface area contributed by atoms with Crippen LogP contribution in [0.5, 0.6) is 0 Å². The van der Waals surface area contributed by atoms with E-state index in [0.717, 1.165) is 20.3 Å². The first-order valence-corrected chi connectivity index (χ1v) is 8.76. The highest BCUT2D eigenvalue weighted by molar-refractivity contribution is 5.65. The predicted molar refractivity (Wildman–Crippen MR) is 95.1 cm³/mol. The van der Waals surface area contributed by atoms with Crippen molar-refractivity contribution in [2.75, 3.05) is 6.61 Å². The lowest BCUT2D eigenvalue weighted by Gasteiger charge is -2.02. The number of esters is 1. The topological polar surface area (TPSA) is 101 Å². The Bertz CT molecular complexity index is 282. The zero-order valence-electron chi connectivity index (χ0n) is 15.8. The summed E-state index contributed by atoms with van der Waals surface area (Å²) < 4.78 is 4.87. The van der Waals surface area contributed by atoms with Gasteiger partial charge >= 0.3 is 5.97 Å². The summed E-state index contributed by atoms with van der Waals surface area (Å²) in [6.07, 6.45) is 13.1. The van der Waals surface area contributed by atoms with Crippen molar-refractivity contribution in [3.8, 4) is 0 Å². The molecule has 144 valence electrons. The molecule has 6 heteroatoms. The van der Waals surface area contributed by atoms with Gasteiger partial charge in [-0.15, -0.1) is 0 Å². The number of aliphatic carboxylic acids is 2. The maximum absolute atomic E-state index is 10.5. The van der Waals surface area contributed by atoms with Crippen LogP contribution >= 0.6 is 0 Å². The van der Waals surface area contributed by atoms with Gasteiger partial charge in [0.1, 0.15) is 0 Å². The molecule has 0 spiro atoms. The van der Waals surface area contributed by atoms with Gasteiger partial charge in [-0.05, 0) is 6.42 Å². The summed E-state index contributed by atoms with van der Waals surface area (Å²) >= 11 is 0. The molecule has 0 saturated carbocycles. The Hall–Kier alpha value is -1.59. The number of hydrogen-bond donors (Lipinski definition) is 2. The standard InChI is InChI=1S/C14H28O2.2C2H4O2/c1-3-4-5-6-7-8-9-10-11-12-13-16-14(2)15;2*1-2(3)4/h3-13H2,1-2H3;2*1H3,(H,3,4). The molecule has 0 rings (SSSR count). The average Bonchev–Trinajstić information content (AvgIpc) is 2.43. The van der Waals surface area contributed by atoms with Crippen LogP contribution in [0.1, 0.15) is 91.9 Å². The van der Waals surface area contributed by atoms with Crippen LogP contribution < -0.4 is 0 Å². The van der Waals surface area contributed by atoms with E-state index in [9.17, 15) is 4.79 Å². The minimum absolute atomic E-state index is 0.157. The lowest BCUT2D eigenvalue weighted by atomic mass is 10.1. The van der Waals surface area contributed by atoms with Crippen molar-refractivity contribution in [3.63, 3.8) is 0 Å². The van der Waals surface area contributed by atoms with Gasteiger partial charge in [-0.3, -0.25) is 14.4 Å². The third-order valence-electron chi connectivity index (χ3n) is 2.80. The van der Waals surface area contributed by atoms with Crippen LogP contribution in [-0.2, 0) is 19.1 Å². The van der Waals surface area contributed by atoms with Crippen LogP contribution in [-0.4, -0.2) is 34.7 Å². The molecule has 0 bridgehead atoms. The van der Waals surface area contributed by atoms with Crippen LogP contribution in [0.3, 0.4) is 0 Å². The Morgan fingerprint density at radius 3 is 1.25 bits per heavy atom. The summed E-state index contributed by atoms with van der Waals surface area (Å²) in [6, 6.07) is 0. The van der Waals surface area contributed by atoms with Crippen molar-refractivity contribution in [3.05, 3.63) is 0 Å². The Morgan fingerprint density at radius 2 is 0.958 bits per heavy atom. The van der Waals surface area contributed by atoms with E-state index in [4.69, 9.17) is 24.5 Å². The van der Waals surface area contributed by atoms with Gasteiger partial charge in [0.25, 0.3) is 11.9 Å². The van der Waals surface area contributed by atoms with Crippen LogP contribution in [0.4, 0.5) is 0 Å². The summed E-state index contributed by atoms with van der Waals surface area (Å²) in [4.78, 5) is 28.5. The molecule has 0 fully saturated rings. The summed E-state index contributed by atoms with van der Waals surface area (Å²) in [5.41, 5.74) is 0. The molecule has 0 atom stereocenters. The van der Waals surface area contributed by atoms with Gasteiger partial charge < -0.3 is 14.9 Å². The molecule has 0 radical (unpaired) electrons. The van der Waals surface area contributed by atoms with Crippen molar-refractivity contribution in [1.29, 1.82) is 0 Å². The van der Waals surface area contributed by atoms with Crippen LogP contribution in [0.15, 0.2) is 0 Å². The summed E-state index contributed by atoms with van der Waals surface area (Å²) in [7, 11) is 0. The first-order chi connectivity index (χ1) is 11.2. The zero-order valence-corrected chi connectivity index (χ0v) is 15.8. The van der Waals surface area contributed by atoms with Gasteiger partial charge in [-0.2, -0.15) is 0 Å². The molecule has 0 aliphatic carbocycles. The van der Waals surface area contributed by atoms with Crippen molar-refractivity contribution in [1.82, 2.24) is 0 Å². The monoisotopic (exact) mass is 348 g/mol. The van der Waals surface area contributed by atoms with E-state index in [1.54, 1.807) is 0 Å². The quantitative estimate of drug-likeness (QED) is 0.416. The lowest BCUT2D eigenvalue weighted by molar-refractivity contribution is -0.141. The van der Waals surface area contributed by atoms with Gasteiger partial charge in [0.15, 0.2) is 0 Å². The van der Waals surface area contributed by atoms with Gasteiger partial charge in [0.2, 0.25) is 0 Å². The van der Waals surface area contributed by atoms with Gasteiger partial charge in [-0.1, -0.05) is 64.7 Å². The number of carbonyl (C=O) groups excluding carboxylic acids is 1. The van der Waals surface area contributed by atoms with Crippen molar-refractivity contribution < 1.29 is 29.3 Å². The Labute approximate surface area is 146 Å². The minimum atomic E-state index is -0.833. The van der Waals surface area contributed by atoms with E-state index in [1.807, 2.05) is 0 Å². The van der Waals surface area contributed by atoms with Crippen molar-refractivity contribution in [2.45, 2.75) is 91.9 Å². The molecule has 0 aliphatic heterocycles. The second-order valence-corrected chi connectivity index (χ2v) is 5.56. The fourth-order valence-corrected chi connectivity index (χ4v) is 1.81. The SMILES string of the molecule is CC(=O)O.CC(=O)O.CCCCCCCCCCCCOC(C)=O. The van der Waals surface area contributed by atoms with Crippen molar-refractivity contribution >= 4 is 17.9 Å². The van der Waals surface area contributed by atoms with Crippen LogP contribution in [0.25, 0.3) is 0 Å². The fraction of sp³-hybridized carbons (Fsp3) is 0.833. The smallest absolute Gasteiger partial charge is 0.302 e. The predicted octanol–water partition coefficient (Wildman–Crippen LogP) is 4.65. The molecule has 24 heavy (non-hydrogen) atoms. The second kappa shape index (κ2) is 23.7. The highest BCUT2D eigenvalue weighted by Crippen LogP contribution is 2.10. The molecule has 0 aliphatic rings. The summed E-state index contributed by atoms with van der Waals surface area (Å²) in [6.45, 7) is 6.49. The number of hydrogen-bond acceptors (Lipinski definition) is 4. The molecule has 0 heterocycles. The third-order valence-corrected chi connectivity index (χ3v) is 2.80. The van der Waals surface area contributed by atoms with Gasteiger partial charge in [-0.25, -0.2) is 0 Å². The molecule has 0 unspecified atom stereocenters. The third kappa shape index (κ3) is 59.1. The average molecular weight is 348 g/mol. The number of rotatable bonds is 11. The van der Waals surface area contributed by atoms with Crippen molar-refractivity contribution in [2.24, 2.45) is 0 Å². The number of ether oxygens (including phenoxy) is 1. The maximum Gasteiger partial charge on any atom is 0.302 e.